The van der Waals surface area contributed by atoms with Gasteiger partial charge in [0, 0.05) is 34.5 Å². The molecule has 0 radical (unpaired) electrons. The maximum Gasteiger partial charge on any atom is 0.239 e. The Morgan fingerprint density at radius 1 is 1.25 bits per heavy atom. The molecule has 0 aliphatic carbocycles. The number of nitrogens with zero attached hydrogens (tertiary/aromatic N) is 3. The molecule has 3 N–H and O–H groups in total. The molecular weight excluding hydrogens is 424 g/mol. The average Bonchev–Trinajstić information content (AvgIpc) is 3.47. The lowest BCUT2D eigenvalue weighted by Gasteiger charge is -2.40. The number of benzene rings is 1. The monoisotopic (exact) mass is 446 g/mol. The number of carbonyl (C=O) groups excluding carboxylic acids is 1. The number of guanidine groups is 1. The summed E-state index contributed by atoms with van der Waals surface area (Å²) in [5, 5.41) is 12.4. The van der Waals surface area contributed by atoms with Gasteiger partial charge < -0.3 is 15.3 Å². The summed E-state index contributed by atoms with van der Waals surface area (Å²) in [6.07, 6.45) is 3.32. The molecule has 7 nitrogen and oxygen atoms in total. The number of hydrogen-bond donors (Lipinski definition) is 2. The topological polar surface area (TPSA) is 105 Å². The number of likely N-dealkylation sites (N-methyl/N-ethyl adjacent to an activating group) is 1. The van der Waals surface area contributed by atoms with E-state index >= 15 is 0 Å². The lowest BCUT2D eigenvalue weighted by Crippen LogP contribution is -2.52. The van der Waals surface area contributed by atoms with Crippen molar-refractivity contribution >= 4 is 34.2 Å². The molecule has 5 rings (SSSR count). The molecule has 1 aliphatic heterocycles. The van der Waals surface area contributed by atoms with Crippen LogP contribution < -0.4 is 5.73 Å². The second kappa shape index (κ2) is 7.58. The molecule has 0 saturated carbocycles. The minimum absolute atomic E-state index is 0.0511. The van der Waals surface area contributed by atoms with Crippen molar-refractivity contribution in [2.75, 3.05) is 7.05 Å². The van der Waals surface area contributed by atoms with Crippen LogP contribution in [0.5, 0.6) is 0 Å². The number of furan rings is 1. The Kier molecular flexibility index (Phi) is 4.83. The minimum Gasteiger partial charge on any atom is -0.464 e. The molecule has 0 saturated heterocycles. The summed E-state index contributed by atoms with van der Waals surface area (Å²) < 4.78 is 5.47. The van der Waals surface area contributed by atoms with E-state index < -0.39 is 11.5 Å². The van der Waals surface area contributed by atoms with Crippen LogP contribution in [-0.2, 0) is 16.9 Å². The predicted octanol–water partition coefficient (Wildman–Crippen LogP) is 3.83. The van der Waals surface area contributed by atoms with Crippen LogP contribution in [0.15, 0.2) is 69.7 Å². The zero-order valence-corrected chi connectivity index (χ0v) is 18.5. The van der Waals surface area contributed by atoms with Crippen molar-refractivity contribution in [1.82, 2.24) is 9.88 Å². The van der Waals surface area contributed by atoms with Crippen LogP contribution in [0.25, 0.3) is 22.2 Å². The number of hydrogen-bond acceptors (Lipinski definition) is 7. The largest absolute Gasteiger partial charge is 0.464 e. The van der Waals surface area contributed by atoms with Crippen LogP contribution >= 0.6 is 11.3 Å². The highest BCUT2D eigenvalue weighted by Gasteiger charge is 2.48. The summed E-state index contributed by atoms with van der Waals surface area (Å²) in [6.45, 7) is 1.90. The van der Waals surface area contributed by atoms with Gasteiger partial charge in [-0.1, -0.05) is 6.07 Å². The van der Waals surface area contributed by atoms with E-state index in [1.807, 2.05) is 48.7 Å². The molecule has 4 aromatic rings. The average molecular weight is 447 g/mol. The van der Waals surface area contributed by atoms with E-state index in [4.69, 9.17) is 15.1 Å². The molecule has 3 aromatic heterocycles. The summed E-state index contributed by atoms with van der Waals surface area (Å²) >= 11 is 1.52. The number of carbonyl (C=O) groups is 1. The zero-order valence-electron chi connectivity index (χ0n) is 17.6. The van der Waals surface area contributed by atoms with Crippen LogP contribution in [-0.4, -0.2) is 33.9 Å². The second-order valence-corrected chi connectivity index (χ2v) is 8.98. The number of pyridine rings is 1. The lowest BCUT2D eigenvalue weighted by atomic mass is 9.77. The van der Waals surface area contributed by atoms with E-state index in [2.05, 4.69) is 4.98 Å². The summed E-state index contributed by atoms with van der Waals surface area (Å²) in [6, 6.07) is 13.3. The lowest BCUT2D eigenvalue weighted by molar-refractivity contribution is -0.130. The molecule has 1 unspecified atom stereocenters. The Bertz CT molecular complexity index is 1360. The van der Waals surface area contributed by atoms with Gasteiger partial charge in [-0.25, -0.2) is 4.99 Å². The quantitative estimate of drug-likeness (QED) is 0.496. The Hall–Kier alpha value is -3.49. The molecule has 162 valence electrons. The summed E-state index contributed by atoms with van der Waals surface area (Å²) in [5.74, 6) is -0.478. The molecule has 32 heavy (non-hydrogen) atoms. The number of aromatic nitrogens is 1. The van der Waals surface area contributed by atoms with E-state index in [0.717, 1.165) is 38.2 Å². The van der Waals surface area contributed by atoms with Crippen molar-refractivity contribution in [2.24, 2.45) is 10.7 Å². The third kappa shape index (κ3) is 3.19. The highest BCUT2D eigenvalue weighted by Crippen LogP contribution is 2.47. The third-order valence-electron chi connectivity index (χ3n) is 6.04. The Labute approximate surface area is 188 Å². The maximum absolute atomic E-state index is 13.5. The third-order valence-corrected chi connectivity index (χ3v) is 7.20. The number of fused-ring (bicyclic) bond motifs is 1. The Morgan fingerprint density at radius 2 is 2.09 bits per heavy atom. The van der Waals surface area contributed by atoms with Crippen LogP contribution in [0.1, 0.15) is 28.8 Å². The maximum atomic E-state index is 13.5. The van der Waals surface area contributed by atoms with Crippen LogP contribution in [0.2, 0.25) is 0 Å². The molecule has 0 spiro atoms. The number of aliphatic hydroxyl groups excluding tert-OH is 1. The SMILES string of the molecule is CN1C(=O)C(c2ccc3occc3c2)[C@@](C)(c2cc(-c3cc(CO)ccn3)cs2)N=C1N. The van der Waals surface area contributed by atoms with Crippen molar-refractivity contribution in [3.05, 3.63) is 76.3 Å². The van der Waals surface area contributed by atoms with Crippen LogP contribution in [0.4, 0.5) is 0 Å². The number of aliphatic hydroxyl groups is 1. The van der Waals surface area contributed by atoms with Crippen molar-refractivity contribution < 1.29 is 14.3 Å². The standard InChI is InChI=1S/C24H22N4O3S/c1-24(20-11-17(13-32-20)18-9-14(12-29)5-7-26-18)21(22(30)28(2)23(25)27-24)16-3-4-19-15(10-16)6-8-31-19/h3-11,13,21,29H,12H2,1-2H3,(H2,25,27)/t21?,24-/m1/s1. The van der Waals surface area contributed by atoms with E-state index in [-0.39, 0.29) is 18.5 Å². The zero-order chi connectivity index (χ0) is 22.5. The second-order valence-electron chi connectivity index (χ2n) is 8.07. The first kappa shape index (κ1) is 20.4. The fourth-order valence-corrected chi connectivity index (χ4v) is 5.26. The molecule has 8 heteroatoms. The number of rotatable bonds is 4. The van der Waals surface area contributed by atoms with E-state index in [1.165, 1.54) is 16.2 Å². The van der Waals surface area contributed by atoms with Crippen molar-refractivity contribution in [1.29, 1.82) is 0 Å². The van der Waals surface area contributed by atoms with Gasteiger partial charge in [0.25, 0.3) is 0 Å². The first-order chi connectivity index (χ1) is 15.4. The Morgan fingerprint density at radius 3 is 2.91 bits per heavy atom. The van der Waals surface area contributed by atoms with Gasteiger partial charge in [-0.3, -0.25) is 14.7 Å². The Balaban J connectivity index is 1.63. The molecule has 0 fully saturated rings. The summed E-state index contributed by atoms with van der Waals surface area (Å²) in [4.78, 5) is 25.0. The van der Waals surface area contributed by atoms with Gasteiger partial charge >= 0.3 is 0 Å². The number of amides is 1. The first-order valence-electron chi connectivity index (χ1n) is 10.2. The number of aliphatic imine (C=N–C) groups is 1. The van der Waals surface area contributed by atoms with Gasteiger partial charge in [0.15, 0.2) is 5.96 Å². The summed E-state index contributed by atoms with van der Waals surface area (Å²) in [5.41, 5.74) is 9.35. The fraction of sp³-hybridized carbons (Fsp3) is 0.208. The fourth-order valence-electron chi connectivity index (χ4n) is 4.22. The predicted molar refractivity (Wildman–Crippen MR) is 124 cm³/mol. The molecular formula is C24H22N4O3S. The highest BCUT2D eigenvalue weighted by atomic mass is 32.1. The van der Waals surface area contributed by atoms with Crippen molar-refractivity contribution in [3.8, 4) is 11.3 Å². The smallest absolute Gasteiger partial charge is 0.239 e. The molecule has 1 amide bonds. The van der Waals surface area contributed by atoms with Gasteiger partial charge in [0.2, 0.25) is 5.91 Å². The van der Waals surface area contributed by atoms with E-state index in [0.29, 0.717) is 0 Å². The molecule has 1 aromatic carbocycles. The van der Waals surface area contributed by atoms with Gasteiger partial charge in [0.05, 0.1) is 24.5 Å². The van der Waals surface area contributed by atoms with Gasteiger partial charge in [-0.2, -0.15) is 0 Å². The molecule has 4 heterocycles. The van der Waals surface area contributed by atoms with Crippen LogP contribution in [0.3, 0.4) is 0 Å². The number of thiophene rings is 1. The minimum atomic E-state index is -0.886. The van der Waals surface area contributed by atoms with Crippen molar-refractivity contribution in [2.45, 2.75) is 25.0 Å². The van der Waals surface area contributed by atoms with E-state index in [1.54, 1.807) is 25.6 Å². The molecule has 2 atom stereocenters. The van der Waals surface area contributed by atoms with E-state index in [9.17, 15) is 9.90 Å². The highest BCUT2D eigenvalue weighted by molar-refractivity contribution is 7.10. The number of nitrogens with two attached hydrogens (primary N) is 1. The first-order valence-corrected chi connectivity index (χ1v) is 11.0. The van der Waals surface area contributed by atoms with Crippen molar-refractivity contribution in [3.63, 3.8) is 0 Å². The van der Waals surface area contributed by atoms with Gasteiger partial charge in [-0.05, 0) is 54.4 Å². The summed E-state index contributed by atoms with van der Waals surface area (Å²) in [7, 11) is 1.65. The normalized spacial score (nSPS) is 21.2. The molecule has 1 aliphatic rings. The molecule has 0 bridgehead atoms. The van der Waals surface area contributed by atoms with Gasteiger partial charge in [-0.15, -0.1) is 11.3 Å². The van der Waals surface area contributed by atoms with Gasteiger partial charge in [0.1, 0.15) is 11.1 Å². The van der Waals surface area contributed by atoms with Crippen LogP contribution in [0, 0.1) is 0 Å².